The summed E-state index contributed by atoms with van der Waals surface area (Å²) in [5, 5.41) is 1.39. The first-order valence-electron chi connectivity index (χ1n) is 2.23. The van der Waals surface area contributed by atoms with Crippen LogP contribution in [0.15, 0.2) is 0 Å². The maximum atomic E-state index is 11.7. The molecule has 0 radical (unpaired) electrons. The minimum absolute atomic E-state index is 0.803. The van der Waals surface area contributed by atoms with Crippen molar-refractivity contribution in [3.63, 3.8) is 0 Å². The van der Waals surface area contributed by atoms with Crippen LogP contribution in [0.25, 0.3) is 0 Å². The molecule has 2 nitrogen and oxygen atoms in total. The zero-order chi connectivity index (χ0) is 7.44. The molecule has 0 aromatic heterocycles. The van der Waals surface area contributed by atoms with E-state index in [1.165, 1.54) is 5.32 Å². The smallest absolute Gasteiger partial charge is 0.287 e. The van der Waals surface area contributed by atoms with Crippen molar-refractivity contribution in [2.45, 2.75) is 19.6 Å². The Morgan fingerprint density at radius 3 is 2.00 bits per heavy atom. The van der Waals surface area contributed by atoms with E-state index < -0.39 is 18.6 Å². The van der Waals surface area contributed by atoms with Crippen molar-refractivity contribution < 1.29 is 18.0 Å². The van der Waals surface area contributed by atoms with E-state index in [2.05, 4.69) is 0 Å². The van der Waals surface area contributed by atoms with E-state index in [0.29, 0.717) is 0 Å². The molecule has 1 atom stereocenters. The van der Waals surface area contributed by atoms with Crippen LogP contribution in [-0.2, 0) is 4.79 Å². The minimum Gasteiger partial charge on any atom is -0.322 e. The summed E-state index contributed by atoms with van der Waals surface area (Å²) in [4.78, 5) is 9.87. The summed E-state index contributed by atoms with van der Waals surface area (Å²) in [6.45, 7) is 0.967. The van der Waals surface area contributed by atoms with Crippen molar-refractivity contribution in [2.75, 3.05) is 0 Å². The number of rotatable bonds is 2. The summed E-state index contributed by atoms with van der Waals surface area (Å²) >= 11 is 0. The molecular formula is C4H6F3NO. The Balaban J connectivity index is 3.50. The van der Waals surface area contributed by atoms with Gasteiger partial charge in [-0.05, 0) is 0 Å². The maximum Gasteiger partial charge on any atom is 0.287 e. The molecule has 9 heavy (non-hydrogen) atoms. The molecule has 0 saturated heterocycles. The van der Waals surface area contributed by atoms with Crippen LogP contribution in [0.4, 0.5) is 13.2 Å². The fourth-order valence-electron chi connectivity index (χ4n) is 0.257. The standard InChI is InChI=1S/C4H6F3NO/c1-2(9)8-4(7)3(5)6/h3-4H,1H3,(H,8,9). The molecule has 1 N–H and O–H groups in total. The maximum absolute atomic E-state index is 11.7. The molecule has 0 aliphatic carbocycles. The Kier molecular flexibility index (Phi) is 3.05. The SMILES string of the molecule is CC(=O)NC(F)C(F)F. The van der Waals surface area contributed by atoms with Gasteiger partial charge in [-0.15, -0.1) is 0 Å². The monoisotopic (exact) mass is 141 g/mol. The van der Waals surface area contributed by atoms with Crippen molar-refractivity contribution in [3.8, 4) is 0 Å². The van der Waals surface area contributed by atoms with Crippen LogP contribution >= 0.6 is 0 Å². The van der Waals surface area contributed by atoms with Gasteiger partial charge in [-0.2, -0.15) is 0 Å². The highest BCUT2D eigenvalue weighted by Crippen LogP contribution is 2.00. The number of nitrogens with one attached hydrogen (secondary N) is 1. The molecule has 0 bridgehead atoms. The number of amides is 1. The largest absolute Gasteiger partial charge is 0.322 e. The Hall–Kier alpha value is -0.740. The highest BCUT2D eigenvalue weighted by atomic mass is 19.3. The Morgan fingerprint density at radius 2 is 1.89 bits per heavy atom. The molecule has 0 rings (SSSR count). The summed E-state index contributed by atoms with van der Waals surface area (Å²) in [6.07, 6.45) is -5.68. The van der Waals surface area contributed by atoms with E-state index in [0.717, 1.165) is 6.92 Å². The normalized spacial score (nSPS) is 13.4. The number of carbonyl (C=O) groups excluding carboxylic acids is 1. The van der Waals surface area contributed by atoms with E-state index in [9.17, 15) is 18.0 Å². The number of carbonyl (C=O) groups is 1. The first-order chi connectivity index (χ1) is 4.04. The van der Waals surface area contributed by atoms with Gasteiger partial charge in [0.2, 0.25) is 12.2 Å². The van der Waals surface area contributed by atoms with Crippen molar-refractivity contribution in [1.29, 1.82) is 0 Å². The lowest BCUT2D eigenvalue weighted by Gasteiger charge is -2.05. The van der Waals surface area contributed by atoms with Crippen LogP contribution in [0.5, 0.6) is 0 Å². The fourth-order valence-corrected chi connectivity index (χ4v) is 0.257. The van der Waals surface area contributed by atoms with Crippen molar-refractivity contribution in [2.24, 2.45) is 0 Å². The molecule has 0 aliphatic rings. The highest BCUT2D eigenvalue weighted by molar-refractivity contribution is 5.73. The van der Waals surface area contributed by atoms with Crippen molar-refractivity contribution in [1.82, 2.24) is 5.32 Å². The van der Waals surface area contributed by atoms with Crippen LogP contribution in [0.2, 0.25) is 0 Å². The van der Waals surface area contributed by atoms with Crippen molar-refractivity contribution >= 4 is 5.91 Å². The van der Waals surface area contributed by atoms with E-state index in [1.807, 2.05) is 0 Å². The second-order valence-electron chi connectivity index (χ2n) is 1.44. The van der Waals surface area contributed by atoms with Crippen LogP contribution in [0.1, 0.15) is 6.92 Å². The minimum atomic E-state index is -3.14. The predicted octanol–water partition coefficient (Wildman–Crippen LogP) is 0.683. The number of alkyl halides is 3. The summed E-state index contributed by atoms with van der Waals surface area (Å²) in [5.41, 5.74) is 0. The summed E-state index contributed by atoms with van der Waals surface area (Å²) < 4.78 is 34.1. The topological polar surface area (TPSA) is 29.1 Å². The number of hydrogen-bond donors (Lipinski definition) is 1. The molecule has 1 unspecified atom stereocenters. The molecule has 0 aromatic rings. The Morgan fingerprint density at radius 1 is 1.44 bits per heavy atom. The quantitative estimate of drug-likeness (QED) is 0.563. The van der Waals surface area contributed by atoms with Crippen LogP contribution in [0.3, 0.4) is 0 Å². The van der Waals surface area contributed by atoms with Gasteiger partial charge >= 0.3 is 0 Å². The van der Waals surface area contributed by atoms with Gasteiger partial charge in [0.15, 0.2) is 0 Å². The number of halogens is 3. The van der Waals surface area contributed by atoms with Crippen LogP contribution < -0.4 is 5.32 Å². The highest BCUT2D eigenvalue weighted by Gasteiger charge is 2.18. The molecule has 0 aromatic carbocycles. The number of hydrogen-bond acceptors (Lipinski definition) is 1. The Bertz CT molecular complexity index is 106. The lowest BCUT2D eigenvalue weighted by atomic mass is 10.6. The fraction of sp³-hybridized carbons (Fsp3) is 0.750. The van der Waals surface area contributed by atoms with Gasteiger partial charge in [0.1, 0.15) is 0 Å². The third kappa shape index (κ3) is 3.81. The molecular weight excluding hydrogens is 135 g/mol. The summed E-state index contributed by atoms with van der Waals surface area (Å²) in [6, 6.07) is 0. The van der Waals surface area contributed by atoms with Crippen molar-refractivity contribution in [3.05, 3.63) is 0 Å². The zero-order valence-electron chi connectivity index (χ0n) is 4.70. The molecule has 54 valence electrons. The lowest BCUT2D eigenvalue weighted by Crippen LogP contribution is -2.34. The lowest BCUT2D eigenvalue weighted by molar-refractivity contribution is -0.122. The second kappa shape index (κ2) is 3.32. The van der Waals surface area contributed by atoms with E-state index in [4.69, 9.17) is 0 Å². The van der Waals surface area contributed by atoms with Gasteiger partial charge in [-0.25, -0.2) is 13.2 Å². The average molecular weight is 141 g/mol. The Labute approximate surface area is 50.0 Å². The molecule has 0 aliphatic heterocycles. The van der Waals surface area contributed by atoms with Gasteiger partial charge in [0.25, 0.3) is 6.43 Å². The van der Waals surface area contributed by atoms with Gasteiger partial charge in [-0.3, -0.25) is 4.79 Å². The van der Waals surface area contributed by atoms with Gasteiger partial charge in [0, 0.05) is 6.92 Å². The first-order valence-corrected chi connectivity index (χ1v) is 2.23. The van der Waals surface area contributed by atoms with Gasteiger partial charge < -0.3 is 5.32 Å². The summed E-state index contributed by atoms with van der Waals surface area (Å²) in [5.74, 6) is -0.803. The van der Waals surface area contributed by atoms with Crippen LogP contribution in [0, 0.1) is 0 Å². The molecule has 0 heterocycles. The first kappa shape index (κ1) is 8.26. The second-order valence-corrected chi connectivity index (χ2v) is 1.44. The molecule has 0 fully saturated rings. The van der Waals surface area contributed by atoms with E-state index in [-0.39, 0.29) is 0 Å². The predicted molar refractivity (Wildman–Crippen MR) is 24.7 cm³/mol. The van der Waals surface area contributed by atoms with Gasteiger partial charge in [0.05, 0.1) is 0 Å². The van der Waals surface area contributed by atoms with Crippen LogP contribution in [-0.4, -0.2) is 18.6 Å². The molecule has 0 saturated carbocycles. The average Bonchev–Trinajstić information content (AvgIpc) is 1.63. The third-order valence-corrected chi connectivity index (χ3v) is 0.562. The zero-order valence-corrected chi connectivity index (χ0v) is 4.70. The van der Waals surface area contributed by atoms with Gasteiger partial charge in [-0.1, -0.05) is 0 Å². The molecule has 5 heteroatoms. The molecule has 1 amide bonds. The third-order valence-electron chi connectivity index (χ3n) is 0.562. The molecule has 0 spiro atoms. The van der Waals surface area contributed by atoms with E-state index in [1.54, 1.807) is 0 Å². The summed E-state index contributed by atoms with van der Waals surface area (Å²) in [7, 11) is 0. The van der Waals surface area contributed by atoms with E-state index >= 15 is 0 Å².